The maximum Gasteiger partial charge on any atom is 0.309 e. The molecule has 4 heteroatoms. The third kappa shape index (κ3) is 27.7. The van der Waals surface area contributed by atoms with E-state index in [1.54, 1.807) is 0 Å². The molecule has 66 valence electrons. The van der Waals surface area contributed by atoms with Gasteiger partial charge in [0, 0.05) is 5.92 Å². The fourth-order valence-electron chi connectivity index (χ4n) is 0.523. The number of primary amides is 2. The van der Waals surface area contributed by atoms with Gasteiger partial charge < -0.3 is 16.3 Å². The van der Waals surface area contributed by atoms with Gasteiger partial charge in [0.1, 0.15) is 6.29 Å². The predicted molar refractivity (Wildman–Crippen MR) is 43.9 cm³/mol. The van der Waals surface area contributed by atoms with E-state index in [9.17, 15) is 4.79 Å². The molecule has 0 rings (SSSR count). The lowest BCUT2D eigenvalue weighted by molar-refractivity contribution is -0.110. The molecule has 0 spiro atoms. The highest BCUT2D eigenvalue weighted by molar-refractivity contribution is 5.69. The number of carbonyl (C=O) groups excluding carboxylic acids is 2. The standard InChI is InChI=1S/C6H12O.CH4N2O/c1-3-4-6(2)5-7;2-1(3)4/h5-6H,3-4H2,1-2H3;(H4,2,3,4). The van der Waals surface area contributed by atoms with E-state index in [2.05, 4.69) is 18.4 Å². The molecule has 4 N–H and O–H groups in total. The zero-order valence-electron chi connectivity index (χ0n) is 7.04. The van der Waals surface area contributed by atoms with E-state index in [4.69, 9.17) is 4.79 Å². The van der Waals surface area contributed by atoms with E-state index in [0.29, 0.717) is 0 Å². The third-order valence-corrected chi connectivity index (χ3v) is 0.976. The van der Waals surface area contributed by atoms with Crippen molar-refractivity contribution in [2.75, 3.05) is 0 Å². The lowest BCUT2D eigenvalue weighted by Crippen LogP contribution is -2.18. The van der Waals surface area contributed by atoms with Crippen LogP contribution in [0.2, 0.25) is 0 Å². The van der Waals surface area contributed by atoms with Crippen molar-refractivity contribution < 1.29 is 9.59 Å². The van der Waals surface area contributed by atoms with Gasteiger partial charge in [-0.3, -0.25) is 0 Å². The van der Waals surface area contributed by atoms with Crippen LogP contribution in [0.3, 0.4) is 0 Å². The first-order valence-electron chi connectivity index (χ1n) is 3.54. The molecule has 1 unspecified atom stereocenters. The van der Waals surface area contributed by atoms with Crippen LogP contribution in [-0.2, 0) is 4.79 Å². The Balaban J connectivity index is 0. The van der Waals surface area contributed by atoms with E-state index >= 15 is 0 Å². The molecule has 0 saturated carbocycles. The molecule has 0 saturated heterocycles. The zero-order valence-corrected chi connectivity index (χ0v) is 7.04. The van der Waals surface area contributed by atoms with Gasteiger partial charge in [-0.15, -0.1) is 0 Å². The Bertz CT molecular complexity index is 111. The summed E-state index contributed by atoms with van der Waals surface area (Å²) in [4.78, 5) is 18.9. The Morgan fingerprint density at radius 3 is 2.00 bits per heavy atom. The molecule has 1 atom stereocenters. The molecule has 0 aromatic carbocycles. The topological polar surface area (TPSA) is 86.2 Å². The van der Waals surface area contributed by atoms with E-state index in [1.807, 2.05) is 6.92 Å². The summed E-state index contributed by atoms with van der Waals surface area (Å²) in [6, 6.07) is -0.833. The Morgan fingerprint density at radius 1 is 1.55 bits per heavy atom. The van der Waals surface area contributed by atoms with Crippen molar-refractivity contribution in [3.8, 4) is 0 Å². The van der Waals surface area contributed by atoms with Crippen LogP contribution in [-0.4, -0.2) is 12.3 Å². The number of hydrogen-bond donors (Lipinski definition) is 2. The van der Waals surface area contributed by atoms with Crippen LogP contribution in [0, 0.1) is 5.92 Å². The lowest BCUT2D eigenvalue weighted by atomic mass is 10.1. The summed E-state index contributed by atoms with van der Waals surface area (Å²) in [5.41, 5.74) is 8.50. The minimum Gasteiger partial charge on any atom is -0.352 e. The van der Waals surface area contributed by atoms with Crippen LogP contribution in [0.5, 0.6) is 0 Å². The van der Waals surface area contributed by atoms with Gasteiger partial charge in [-0.2, -0.15) is 0 Å². The van der Waals surface area contributed by atoms with Gasteiger partial charge in [0.05, 0.1) is 0 Å². The van der Waals surface area contributed by atoms with Crippen LogP contribution in [0.15, 0.2) is 0 Å². The van der Waals surface area contributed by atoms with Crippen molar-refractivity contribution in [3.63, 3.8) is 0 Å². The highest BCUT2D eigenvalue weighted by Gasteiger charge is 1.93. The van der Waals surface area contributed by atoms with Crippen LogP contribution < -0.4 is 11.5 Å². The van der Waals surface area contributed by atoms with Crippen LogP contribution in [0.25, 0.3) is 0 Å². The number of aldehydes is 1. The predicted octanol–water partition coefficient (Wildman–Crippen LogP) is 0.645. The second-order valence-electron chi connectivity index (χ2n) is 2.30. The summed E-state index contributed by atoms with van der Waals surface area (Å²) >= 11 is 0. The number of hydrogen-bond acceptors (Lipinski definition) is 2. The molecule has 0 aliphatic rings. The molecule has 0 aliphatic heterocycles. The number of carbonyl (C=O) groups is 2. The molecule has 0 radical (unpaired) electrons. The maximum absolute atomic E-state index is 9.89. The Hall–Kier alpha value is -1.06. The van der Waals surface area contributed by atoms with E-state index in [-0.39, 0.29) is 5.92 Å². The minimum atomic E-state index is -0.833. The van der Waals surface area contributed by atoms with Gasteiger partial charge in [-0.05, 0) is 6.42 Å². The van der Waals surface area contributed by atoms with Crippen molar-refractivity contribution >= 4 is 12.3 Å². The van der Waals surface area contributed by atoms with Gasteiger partial charge in [-0.1, -0.05) is 20.3 Å². The third-order valence-electron chi connectivity index (χ3n) is 0.976. The minimum absolute atomic E-state index is 0.269. The Kier molecular flexibility index (Phi) is 10.2. The number of rotatable bonds is 3. The number of amides is 2. The summed E-state index contributed by atoms with van der Waals surface area (Å²) < 4.78 is 0. The average molecular weight is 160 g/mol. The van der Waals surface area contributed by atoms with Gasteiger partial charge >= 0.3 is 6.03 Å². The summed E-state index contributed by atoms with van der Waals surface area (Å²) in [5.74, 6) is 0.269. The number of urea groups is 1. The molecule has 0 heterocycles. The highest BCUT2D eigenvalue weighted by Crippen LogP contribution is 1.98. The maximum atomic E-state index is 9.89. The SMILES string of the molecule is CCCC(C)C=O.NC(N)=O. The molecule has 2 amide bonds. The summed E-state index contributed by atoms with van der Waals surface area (Å²) in [5, 5.41) is 0. The van der Waals surface area contributed by atoms with Crippen molar-refractivity contribution in [2.24, 2.45) is 17.4 Å². The molecular weight excluding hydrogens is 144 g/mol. The van der Waals surface area contributed by atoms with Crippen molar-refractivity contribution in [3.05, 3.63) is 0 Å². The summed E-state index contributed by atoms with van der Waals surface area (Å²) in [6.45, 7) is 4.02. The molecule has 0 aromatic rings. The molecule has 0 bridgehead atoms. The summed E-state index contributed by atoms with van der Waals surface area (Å²) in [6.07, 6.45) is 3.15. The second kappa shape index (κ2) is 8.94. The zero-order chi connectivity index (χ0) is 9.28. The van der Waals surface area contributed by atoms with Gasteiger partial charge in [-0.25, -0.2) is 4.79 Å². The van der Waals surface area contributed by atoms with Crippen molar-refractivity contribution in [2.45, 2.75) is 26.7 Å². The van der Waals surface area contributed by atoms with Gasteiger partial charge in [0.15, 0.2) is 0 Å². The normalized spacial score (nSPS) is 10.7. The summed E-state index contributed by atoms with van der Waals surface area (Å²) in [7, 11) is 0. The second-order valence-corrected chi connectivity index (χ2v) is 2.30. The van der Waals surface area contributed by atoms with Crippen molar-refractivity contribution in [1.29, 1.82) is 0 Å². The molecule has 0 aliphatic carbocycles. The van der Waals surface area contributed by atoms with E-state index in [1.165, 1.54) is 0 Å². The van der Waals surface area contributed by atoms with Crippen LogP contribution in [0.4, 0.5) is 4.79 Å². The van der Waals surface area contributed by atoms with E-state index in [0.717, 1.165) is 19.1 Å². The fourth-order valence-corrected chi connectivity index (χ4v) is 0.523. The average Bonchev–Trinajstić information content (AvgIpc) is 1.87. The largest absolute Gasteiger partial charge is 0.352 e. The first kappa shape index (κ1) is 12.6. The first-order valence-corrected chi connectivity index (χ1v) is 3.54. The highest BCUT2D eigenvalue weighted by atomic mass is 16.2. The number of nitrogens with two attached hydrogens (primary N) is 2. The lowest BCUT2D eigenvalue weighted by Gasteiger charge is -1.94. The Labute approximate surface area is 66.9 Å². The Morgan fingerprint density at radius 2 is 1.91 bits per heavy atom. The first-order chi connectivity index (χ1) is 5.04. The quantitative estimate of drug-likeness (QED) is 0.594. The smallest absolute Gasteiger partial charge is 0.309 e. The molecule has 0 fully saturated rings. The monoisotopic (exact) mass is 160 g/mol. The molecule has 11 heavy (non-hydrogen) atoms. The molecular formula is C7H16N2O2. The van der Waals surface area contributed by atoms with Crippen molar-refractivity contribution in [1.82, 2.24) is 0 Å². The molecule has 0 aromatic heterocycles. The fraction of sp³-hybridized carbons (Fsp3) is 0.714. The molecule has 4 nitrogen and oxygen atoms in total. The van der Waals surface area contributed by atoms with Crippen LogP contribution in [0.1, 0.15) is 26.7 Å². The van der Waals surface area contributed by atoms with Gasteiger partial charge in [0.25, 0.3) is 0 Å². The van der Waals surface area contributed by atoms with E-state index < -0.39 is 6.03 Å². The van der Waals surface area contributed by atoms with Crippen LogP contribution >= 0.6 is 0 Å². The van der Waals surface area contributed by atoms with Gasteiger partial charge in [0.2, 0.25) is 0 Å².